The zero-order valence-electron chi connectivity index (χ0n) is 13.8. The smallest absolute Gasteiger partial charge is 0.262 e. The third-order valence-corrected chi connectivity index (χ3v) is 3.68. The second kappa shape index (κ2) is 8.74. The van der Waals surface area contributed by atoms with Gasteiger partial charge in [-0.1, -0.05) is 23.2 Å². The molecule has 0 bridgehead atoms. The van der Waals surface area contributed by atoms with Crippen molar-refractivity contribution < 1.29 is 19.1 Å². The third-order valence-electron chi connectivity index (χ3n) is 3.18. The number of hydrogen-bond acceptors (Lipinski definition) is 4. The molecule has 7 heteroatoms. The number of nitrogens with one attached hydrogen (secondary N) is 1. The lowest BCUT2D eigenvalue weighted by Gasteiger charge is -2.12. The van der Waals surface area contributed by atoms with Gasteiger partial charge >= 0.3 is 0 Å². The van der Waals surface area contributed by atoms with Crippen molar-refractivity contribution in [2.45, 2.75) is 13.8 Å². The molecule has 132 valence electrons. The molecule has 0 saturated heterocycles. The maximum atomic E-state index is 12.0. The second-order valence-corrected chi connectivity index (χ2v) is 5.96. The molecule has 2 aromatic carbocycles. The first kappa shape index (κ1) is 19.1. The summed E-state index contributed by atoms with van der Waals surface area (Å²) >= 11 is 12.0. The summed E-state index contributed by atoms with van der Waals surface area (Å²) in [5.74, 6) is 0.215. The Balaban J connectivity index is 2.01. The number of ketones is 1. The lowest BCUT2D eigenvalue weighted by molar-refractivity contribution is -0.118. The SMILES string of the molecule is CCOc1ccc(NC(=O)COc2c(Cl)cc(Cl)cc2C(C)=O)cc1. The van der Waals surface area contributed by atoms with Gasteiger partial charge in [-0.25, -0.2) is 0 Å². The Hall–Kier alpha value is -2.24. The Morgan fingerprint density at radius 1 is 1.08 bits per heavy atom. The molecule has 0 fully saturated rings. The number of hydrogen-bond donors (Lipinski definition) is 1. The minimum atomic E-state index is -0.385. The number of anilines is 1. The Bertz CT molecular complexity index is 775. The fraction of sp³-hybridized carbons (Fsp3) is 0.222. The van der Waals surface area contributed by atoms with E-state index in [1.807, 2.05) is 6.92 Å². The standard InChI is InChI=1S/C18H17Cl2NO4/c1-3-24-14-6-4-13(5-7-14)21-17(23)10-25-18-15(11(2)22)8-12(19)9-16(18)20/h4-9H,3,10H2,1-2H3,(H,21,23). The molecule has 0 aliphatic rings. The molecule has 1 N–H and O–H groups in total. The summed E-state index contributed by atoms with van der Waals surface area (Å²) < 4.78 is 10.8. The fourth-order valence-corrected chi connectivity index (χ4v) is 2.65. The van der Waals surface area contributed by atoms with Gasteiger partial charge in [0.05, 0.1) is 17.2 Å². The van der Waals surface area contributed by atoms with Gasteiger partial charge in [0.15, 0.2) is 12.4 Å². The summed E-state index contributed by atoms with van der Waals surface area (Å²) in [5.41, 5.74) is 0.831. The van der Waals surface area contributed by atoms with Crippen LogP contribution in [0.15, 0.2) is 36.4 Å². The summed E-state index contributed by atoms with van der Waals surface area (Å²) in [5, 5.41) is 3.18. The number of ether oxygens (including phenoxy) is 2. The van der Waals surface area contributed by atoms with E-state index in [0.29, 0.717) is 17.3 Å². The molecule has 0 saturated carbocycles. The molecule has 0 aromatic heterocycles. The van der Waals surface area contributed by atoms with Crippen molar-refractivity contribution in [2.24, 2.45) is 0 Å². The van der Waals surface area contributed by atoms with Gasteiger partial charge in [0.1, 0.15) is 11.5 Å². The highest BCUT2D eigenvalue weighted by Crippen LogP contribution is 2.32. The minimum Gasteiger partial charge on any atom is -0.494 e. The monoisotopic (exact) mass is 381 g/mol. The van der Waals surface area contributed by atoms with Crippen LogP contribution in [0.2, 0.25) is 10.0 Å². The zero-order chi connectivity index (χ0) is 18.4. The number of benzene rings is 2. The number of amides is 1. The van der Waals surface area contributed by atoms with Crippen LogP contribution in [-0.2, 0) is 4.79 Å². The molecule has 1 amide bonds. The normalized spacial score (nSPS) is 10.2. The quantitative estimate of drug-likeness (QED) is 0.711. The van der Waals surface area contributed by atoms with Crippen LogP contribution in [0.5, 0.6) is 11.5 Å². The Morgan fingerprint density at radius 2 is 1.76 bits per heavy atom. The first-order valence-corrected chi connectivity index (χ1v) is 8.31. The molecular weight excluding hydrogens is 365 g/mol. The molecule has 25 heavy (non-hydrogen) atoms. The Kier molecular flexibility index (Phi) is 6.67. The van der Waals surface area contributed by atoms with E-state index in [1.54, 1.807) is 24.3 Å². The summed E-state index contributed by atoms with van der Waals surface area (Å²) in [4.78, 5) is 23.7. The molecule has 0 atom stereocenters. The molecule has 2 rings (SSSR count). The molecule has 0 radical (unpaired) electrons. The highest BCUT2D eigenvalue weighted by molar-refractivity contribution is 6.36. The topological polar surface area (TPSA) is 64.6 Å². The van der Waals surface area contributed by atoms with Gasteiger partial charge in [0.25, 0.3) is 5.91 Å². The van der Waals surface area contributed by atoms with E-state index in [1.165, 1.54) is 19.1 Å². The van der Waals surface area contributed by atoms with Crippen LogP contribution in [0, 0.1) is 0 Å². The molecule has 5 nitrogen and oxygen atoms in total. The number of carbonyl (C=O) groups is 2. The second-order valence-electron chi connectivity index (χ2n) is 5.11. The van der Waals surface area contributed by atoms with Crippen LogP contribution in [0.4, 0.5) is 5.69 Å². The lowest BCUT2D eigenvalue weighted by Crippen LogP contribution is -2.21. The predicted molar refractivity (Wildman–Crippen MR) is 98.2 cm³/mol. The summed E-state index contributed by atoms with van der Waals surface area (Å²) in [7, 11) is 0. The Morgan fingerprint density at radius 3 is 2.36 bits per heavy atom. The van der Waals surface area contributed by atoms with Gasteiger partial charge in [0, 0.05) is 10.7 Å². The van der Waals surface area contributed by atoms with E-state index in [-0.39, 0.29) is 34.6 Å². The number of halogens is 2. The maximum absolute atomic E-state index is 12.0. The van der Waals surface area contributed by atoms with E-state index in [2.05, 4.69) is 5.32 Å². The van der Waals surface area contributed by atoms with Gasteiger partial charge in [-0.3, -0.25) is 9.59 Å². The summed E-state index contributed by atoms with van der Waals surface area (Å²) in [6, 6.07) is 9.86. The summed E-state index contributed by atoms with van der Waals surface area (Å²) in [6.07, 6.45) is 0. The molecular formula is C18H17Cl2NO4. The highest BCUT2D eigenvalue weighted by Gasteiger charge is 2.16. The van der Waals surface area contributed by atoms with Gasteiger partial charge in [0.2, 0.25) is 0 Å². The van der Waals surface area contributed by atoms with Gasteiger partial charge in [-0.15, -0.1) is 0 Å². The van der Waals surface area contributed by atoms with Crippen LogP contribution in [0.3, 0.4) is 0 Å². The predicted octanol–water partition coefficient (Wildman–Crippen LogP) is 4.61. The van der Waals surface area contributed by atoms with Crippen molar-refractivity contribution in [3.63, 3.8) is 0 Å². The van der Waals surface area contributed by atoms with E-state index in [9.17, 15) is 9.59 Å². The van der Waals surface area contributed by atoms with Gasteiger partial charge in [-0.2, -0.15) is 0 Å². The lowest BCUT2D eigenvalue weighted by atomic mass is 10.1. The van der Waals surface area contributed by atoms with Gasteiger partial charge < -0.3 is 14.8 Å². The minimum absolute atomic E-state index is 0.139. The van der Waals surface area contributed by atoms with E-state index >= 15 is 0 Å². The van der Waals surface area contributed by atoms with Crippen LogP contribution in [0.25, 0.3) is 0 Å². The average molecular weight is 382 g/mol. The zero-order valence-corrected chi connectivity index (χ0v) is 15.3. The van der Waals surface area contributed by atoms with E-state index < -0.39 is 0 Å². The van der Waals surface area contributed by atoms with Crippen LogP contribution >= 0.6 is 23.2 Å². The first-order valence-electron chi connectivity index (χ1n) is 7.56. The van der Waals surface area contributed by atoms with Crippen LogP contribution in [0.1, 0.15) is 24.2 Å². The van der Waals surface area contributed by atoms with E-state index in [4.69, 9.17) is 32.7 Å². The van der Waals surface area contributed by atoms with Crippen molar-refractivity contribution in [2.75, 3.05) is 18.5 Å². The molecule has 0 spiro atoms. The van der Waals surface area contributed by atoms with Crippen molar-refractivity contribution in [1.82, 2.24) is 0 Å². The van der Waals surface area contributed by atoms with Crippen LogP contribution < -0.4 is 14.8 Å². The molecule has 2 aromatic rings. The van der Waals surface area contributed by atoms with Crippen molar-refractivity contribution >= 4 is 40.6 Å². The number of rotatable bonds is 7. The number of Topliss-reactive ketones (excluding diaryl/α,β-unsaturated/α-hetero) is 1. The average Bonchev–Trinajstić information content (AvgIpc) is 2.55. The maximum Gasteiger partial charge on any atom is 0.262 e. The molecule has 0 aliphatic heterocycles. The Labute approximate surface area is 155 Å². The molecule has 0 unspecified atom stereocenters. The largest absolute Gasteiger partial charge is 0.494 e. The molecule has 0 heterocycles. The van der Waals surface area contributed by atoms with E-state index in [0.717, 1.165) is 5.75 Å². The first-order chi connectivity index (χ1) is 11.9. The van der Waals surface area contributed by atoms with Gasteiger partial charge in [-0.05, 0) is 50.2 Å². The van der Waals surface area contributed by atoms with Crippen molar-refractivity contribution in [3.8, 4) is 11.5 Å². The van der Waals surface area contributed by atoms with Crippen molar-refractivity contribution in [1.29, 1.82) is 0 Å². The number of carbonyl (C=O) groups excluding carboxylic acids is 2. The van der Waals surface area contributed by atoms with Crippen molar-refractivity contribution in [3.05, 3.63) is 52.0 Å². The fourth-order valence-electron chi connectivity index (χ4n) is 2.10. The van der Waals surface area contributed by atoms with Crippen LogP contribution in [-0.4, -0.2) is 24.9 Å². The third kappa shape index (κ3) is 5.37. The molecule has 0 aliphatic carbocycles. The highest BCUT2D eigenvalue weighted by atomic mass is 35.5. The summed E-state index contributed by atoms with van der Waals surface area (Å²) in [6.45, 7) is 3.54.